The molecule has 0 aliphatic rings. The van der Waals surface area contributed by atoms with Gasteiger partial charge >= 0.3 is 5.69 Å². The van der Waals surface area contributed by atoms with Crippen LogP contribution in [0.15, 0.2) is 34.2 Å². The van der Waals surface area contributed by atoms with Crippen LogP contribution in [-0.4, -0.2) is 14.8 Å². The zero-order chi connectivity index (χ0) is 13.0. The average molecular weight is 284 g/mol. The largest absolute Gasteiger partial charge is 0.343 e. The molecule has 1 aromatic carbocycles. The van der Waals surface area contributed by atoms with E-state index in [1.54, 1.807) is 16.3 Å². The Morgan fingerprint density at radius 3 is 2.78 bits per heavy atom. The Labute approximate surface area is 114 Å². The molecule has 6 heteroatoms. The first-order chi connectivity index (χ1) is 8.70. The van der Waals surface area contributed by atoms with Crippen LogP contribution in [-0.2, 0) is 12.3 Å². The number of hydrogen-bond acceptors (Lipinski definition) is 3. The molecule has 1 heterocycles. The fourth-order valence-electron chi connectivity index (χ4n) is 1.56. The fraction of sp³-hybridized carbons (Fsp3) is 0.333. The van der Waals surface area contributed by atoms with Gasteiger partial charge in [-0.25, -0.2) is 9.89 Å². The van der Waals surface area contributed by atoms with Crippen LogP contribution in [0.5, 0.6) is 0 Å². The first kappa shape index (κ1) is 13.2. The van der Waals surface area contributed by atoms with Gasteiger partial charge in [0, 0.05) is 17.3 Å². The van der Waals surface area contributed by atoms with Crippen molar-refractivity contribution >= 4 is 23.4 Å². The average Bonchev–Trinajstić information content (AvgIpc) is 2.71. The molecule has 2 rings (SSSR count). The number of nitrogens with one attached hydrogen (secondary N) is 1. The van der Waals surface area contributed by atoms with Gasteiger partial charge in [0.25, 0.3) is 0 Å². The van der Waals surface area contributed by atoms with E-state index in [9.17, 15) is 4.79 Å². The van der Waals surface area contributed by atoms with Crippen molar-refractivity contribution in [2.45, 2.75) is 30.8 Å². The van der Waals surface area contributed by atoms with Crippen molar-refractivity contribution in [3.63, 3.8) is 0 Å². The molecule has 2 aromatic rings. The highest BCUT2D eigenvalue weighted by molar-refractivity contribution is 7.98. The number of nitrogens with zero attached hydrogens (tertiary/aromatic N) is 2. The third-order valence-corrected chi connectivity index (χ3v) is 3.75. The van der Waals surface area contributed by atoms with Crippen LogP contribution >= 0.6 is 23.4 Å². The SMILES string of the molecule is CCCn1c(SCc2ccc(Cl)cc2)n[nH]c1=O. The number of thioether (sulfide) groups is 1. The van der Waals surface area contributed by atoms with Crippen molar-refractivity contribution in [3.05, 3.63) is 45.3 Å². The summed E-state index contributed by atoms with van der Waals surface area (Å²) < 4.78 is 1.67. The van der Waals surface area contributed by atoms with Gasteiger partial charge in [-0.3, -0.25) is 4.57 Å². The van der Waals surface area contributed by atoms with Gasteiger partial charge in [-0.1, -0.05) is 42.4 Å². The summed E-state index contributed by atoms with van der Waals surface area (Å²) in [5, 5.41) is 7.97. The Morgan fingerprint density at radius 1 is 1.39 bits per heavy atom. The minimum absolute atomic E-state index is 0.143. The molecule has 0 unspecified atom stereocenters. The monoisotopic (exact) mass is 283 g/mol. The number of aromatic nitrogens is 3. The van der Waals surface area contributed by atoms with Crippen LogP contribution in [0.4, 0.5) is 0 Å². The van der Waals surface area contributed by atoms with Crippen molar-refractivity contribution in [1.29, 1.82) is 0 Å². The normalized spacial score (nSPS) is 10.8. The predicted octanol–water partition coefficient (Wildman–Crippen LogP) is 2.93. The minimum Gasteiger partial charge on any atom is -0.270 e. The molecule has 0 radical (unpaired) electrons. The summed E-state index contributed by atoms with van der Waals surface area (Å²) in [5.41, 5.74) is 1.01. The maximum absolute atomic E-state index is 11.5. The topological polar surface area (TPSA) is 50.7 Å². The summed E-state index contributed by atoms with van der Waals surface area (Å²) in [6.45, 7) is 2.73. The third kappa shape index (κ3) is 3.17. The second-order valence-corrected chi connectivity index (χ2v) is 5.26. The highest BCUT2D eigenvalue weighted by Gasteiger charge is 2.07. The van der Waals surface area contributed by atoms with E-state index < -0.39 is 0 Å². The van der Waals surface area contributed by atoms with E-state index in [4.69, 9.17) is 11.6 Å². The van der Waals surface area contributed by atoms with E-state index in [1.165, 1.54) is 0 Å². The Hall–Kier alpha value is -1.20. The predicted molar refractivity (Wildman–Crippen MR) is 74.2 cm³/mol. The highest BCUT2D eigenvalue weighted by Crippen LogP contribution is 2.20. The lowest BCUT2D eigenvalue weighted by Crippen LogP contribution is -2.17. The zero-order valence-electron chi connectivity index (χ0n) is 10.0. The molecule has 0 bridgehead atoms. The number of benzene rings is 1. The van der Waals surface area contributed by atoms with E-state index in [2.05, 4.69) is 10.2 Å². The second kappa shape index (κ2) is 6.11. The Balaban J connectivity index is 2.06. The Morgan fingerprint density at radius 2 is 2.11 bits per heavy atom. The van der Waals surface area contributed by atoms with Gasteiger partial charge in [0.15, 0.2) is 5.16 Å². The van der Waals surface area contributed by atoms with E-state index in [1.807, 2.05) is 31.2 Å². The molecule has 0 spiro atoms. The highest BCUT2D eigenvalue weighted by atomic mass is 35.5. The summed E-state index contributed by atoms with van der Waals surface area (Å²) in [5.74, 6) is 0.769. The maximum atomic E-state index is 11.5. The third-order valence-electron chi connectivity index (χ3n) is 2.45. The molecule has 18 heavy (non-hydrogen) atoms. The van der Waals surface area contributed by atoms with Crippen molar-refractivity contribution in [1.82, 2.24) is 14.8 Å². The van der Waals surface area contributed by atoms with Crippen molar-refractivity contribution in [3.8, 4) is 0 Å². The number of hydrogen-bond donors (Lipinski definition) is 1. The van der Waals surface area contributed by atoms with E-state index >= 15 is 0 Å². The summed E-state index contributed by atoms with van der Waals surface area (Å²) in [6.07, 6.45) is 0.911. The Kier molecular flexibility index (Phi) is 4.49. The lowest BCUT2D eigenvalue weighted by molar-refractivity contribution is 0.604. The lowest BCUT2D eigenvalue weighted by Gasteiger charge is -2.03. The van der Waals surface area contributed by atoms with Crippen LogP contribution in [0, 0.1) is 0 Å². The molecule has 0 fully saturated rings. The molecule has 0 aliphatic heterocycles. The quantitative estimate of drug-likeness (QED) is 0.859. The number of H-pyrrole nitrogens is 1. The van der Waals surface area contributed by atoms with Gasteiger partial charge < -0.3 is 0 Å². The van der Waals surface area contributed by atoms with Crippen molar-refractivity contribution in [2.24, 2.45) is 0 Å². The maximum Gasteiger partial charge on any atom is 0.343 e. The van der Waals surface area contributed by atoms with Crippen molar-refractivity contribution < 1.29 is 0 Å². The summed E-state index contributed by atoms with van der Waals surface area (Å²) in [4.78, 5) is 11.5. The van der Waals surface area contributed by atoms with Crippen LogP contribution < -0.4 is 5.69 Å². The van der Waals surface area contributed by atoms with Gasteiger partial charge in [0.05, 0.1) is 0 Å². The molecule has 96 valence electrons. The summed E-state index contributed by atoms with van der Waals surface area (Å²) in [7, 11) is 0. The molecule has 0 saturated carbocycles. The molecule has 1 aromatic heterocycles. The zero-order valence-corrected chi connectivity index (χ0v) is 11.6. The Bertz CT molecular complexity index is 561. The number of aromatic amines is 1. The van der Waals surface area contributed by atoms with Gasteiger partial charge in [0.2, 0.25) is 0 Å². The van der Waals surface area contributed by atoms with Gasteiger partial charge in [-0.2, -0.15) is 0 Å². The first-order valence-corrected chi connectivity index (χ1v) is 7.09. The van der Waals surface area contributed by atoms with E-state index in [0.29, 0.717) is 6.54 Å². The first-order valence-electron chi connectivity index (χ1n) is 5.73. The molecule has 1 N–H and O–H groups in total. The van der Waals surface area contributed by atoms with Crippen LogP contribution in [0.3, 0.4) is 0 Å². The van der Waals surface area contributed by atoms with Gasteiger partial charge in [-0.15, -0.1) is 5.10 Å². The lowest BCUT2D eigenvalue weighted by atomic mass is 10.2. The van der Waals surface area contributed by atoms with E-state index in [0.717, 1.165) is 27.9 Å². The molecule has 0 aliphatic carbocycles. The fourth-order valence-corrected chi connectivity index (χ4v) is 2.62. The molecule has 4 nitrogen and oxygen atoms in total. The van der Waals surface area contributed by atoms with E-state index in [-0.39, 0.29) is 5.69 Å². The van der Waals surface area contributed by atoms with Crippen molar-refractivity contribution in [2.75, 3.05) is 0 Å². The second-order valence-electron chi connectivity index (χ2n) is 3.88. The number of halogens is 1. The molecular formula is C12H14ClN3OS. The summed E-state index contributed by atoms with van der Waals surface area (Å²) >= 11 is 7.37. The van der Waals surface area contributed by atoms with Crippen LogP contribution in [0.2, 0.25) is 5.02 Å². The van der Waals surface area contributed by atoms with Gasteiger partial charge in [-0.05, 0) is 24.1 Å². The van der Waals surface area contributed by atoms with Crippen LogP contribution in [0.25, 0.3) is 0 Å². The smallest absolute Gasteiger partial charge is 0.270 e. The molecular weight excluding hydrogens is 270 g/mol. The summed E-state index contributed by atoms with van der Waals surface area (Å²) in [6, 6.07) is 7.68. The molecule has 0 amide bonds. The standard InChI is InChI=1S/C12H14ClN3OS/c1-2-7-16-11(17)14-15-12(16)18-8-9-3-5-10(13)6-4-9/h3-6H,2,7-8H2,1H3,(H,14,17). The molecule has 0 saturated heterocycles. The van der Waals surface area contributed by atoms with Gasteiger partial charge in [0.1, 0.15) is 0 Å². The molecule has 0 atom stereocenters. The van der Waals surface area contributed by atoms with Crippen LogP contribution in [0.1, 0.15) is 18.9 Å². The minimum atomic E-state index is -0.143. The number of rotatable bonds is 5.